The Hall–Kier alpha value is -0.570. The van der Waals surface area contributed by atoms with Crippen molar-refractivity contribution >= 4 is 11.6 Å². The molecule has 0 spiro atoms. The summed E-state index contributed by atoms with van der Waals surface area (Å²) in [7, 11) is 2.17. The first-order valence-electron chi connectivity index (χ1n) is 7.38. The summed E-state index contributed by atoms with van der Waals surface area (Å²) >= 11 is 5.95. The lowest BCUT2D eigenvalue weighted by Gasteiger charge is -2.32. The van der Waals surface area contributed by atoms with Gasteiger partial charge in [0.05, 0.1) is 0 Å². The molecule has 0 saturated carbocycles. The van der Waals surface area contributed by atoms with Crippen molar-refractivity contribution in [2.75, 3.05) is 20.1 Å². The predicted octanol–water partition coefficient (Wildman–Crippen LogP) is 4.34. The molecule has 114 valence electrons. The van der Waals surface area contributed by atoms with Gasteiger partial charge in [0.25, 0.3) is 0 Å². The average Bonchev–Trinajstić information content (AvgIpc) is 2.36. The van der Waals surface area contributed by atoms with Crippen molar-refractivity contribution < 1.29 is 0 Å². The molecule has 0 heterocycles. The molecule has 0 bridgehead atoms. The Morgan fingerprint density at radius 1 is 1.20 bits per heavy atom. The second-order valence-electron chi connectivity index (χ2n) is 7.03. The van der Waals surface area contributed by atoms with Crippen molar-refractivity contribution in [3.63, 3.8) is 0 Å². The molecule has 0 amide bonds. The molecular formula is C17H29ClN2. The summed E-state index contributed by atoms with van der Waals surface area (Å²) in [6, 6.07) is 8.49. The summed E-state index contributed by atoms with van der Waals surface area (Å²) < 4.78 is 0. The summed E-state index contributed by atoms with van der Waals surface area (Å²) in [6.07, 6.45) is 1.15. The topological polar surface area (TPSA) is 29.3 Å². The van der Waals surface area contributed by atoms with Crippen LogP contribution < -0.4 is 5.73 Å². The minimum atomic E-state index is 0.328. The fourth-order valence-corrected chi connectivity index (χ4v) is 2.78. The number of halogens is 1. The number of hydrogen-bond donors (Lipinski definition) is 1. The van der Waals surface area contributed by atoms with Crippen LogP contribution in [0.2, 0.25) is 5.02 Å². The van der Waals surface area contributed by atoms with Crippen LogP contribution in [-0.4, -0.2) is 25.0 Å². The lowest BCUT2D eigenvalue weighted by molar-refractivity contribution is 0.186. The van der Waals surface area contributed by atoms with E-state index in [1.54, 1.807) is 0 Å². The Morgan fingerprint density at radius 2 is 1.75 bits per heavy atom. The zero-order valence-electron chi connectivity index (χ0n) is 13.5. The molecule has 2 unspecified atom stereocenters. The summed E-state index contributed by atoms with van der Waals surface area (Å²) in [4.78, 5) is 2.38. The van der Waals surface area contributed by atoms with Crippen LogP contribution in [0.5, 0.6) is 0 Å². The second-order valence-corrected chi connectivity index (χ2v) is 7.47. The third kappa shape index (κ3) is 5.82. The molecule has 2 nitrogen and oxygen atoms in total. The standard InChI is InChI=1S/C17H29ClN2/c1-13(15-6-8-16(18)9-7-15)20(5)12-14(11-19)10-17(2,3)4/h6-9,13-14H,10-12,19H2,1-5H3. The van der Waals surface area contributed by atoms with Crippen LogP contribution in [0, 0.1) is 11.3 Å². The van der Waals surface area contributed by atoms with E-state index in [1.165, 1.54) is 5.56 Å². The van der Waals surface area contributed by atoms with Crippen LogP contribution in [0.3, 0.4) is 0 Å². The SMILES string of the molecule is CC(c1ccc(Cl)cc1)N(C)CC(CN)CC(C)(C)C. The van der Waals surface area contributed by atoms with E-state index in [1.807, 2.05) is 12.1 Å². The largest absolute Gasteiger partial charge is 0.330 e. The molecule has 1 aromatic carbocycles. The minimum absolute atomic E-state index is 0.328. The molecule has 0 fully saturated rings. The van der Waals surface area contributed by atoms with Gasteiger partial charge < -0.3 is 5.73 Å². The van der Waals surface area contributed by atoms with Crippen LogP contribution in [0.25, 0.3) is 0 Å². The highest BCUT2D eigenvalue weighted by atomic mass is 35.5. The molecule has 2 N–H and O–H groups in total. The van der Waals surface area contributed by atoms with Gasteiger partial charge in [-0.15, -0.1) is 0 Å². The lowest BCUT2D eigenvalue weighted by Crippen LogP contribution is -2.34. The molecule has 0 aromatic heterocycles. The number of benzene rings is 1. The quantitative estimate of drug-likeness (QED) is 0.846. The van der Waals surface area contributed by atoms with Crippen LogP contribution in [0.4, 0.5) is 0 Å². The molecule has 0 aliphatic heterocycles. The highest BCUT2D eigenvalue weighted by Crippen LogP contribution is 2.27. The van der Waals surface area contributed by atoms with Crippen LogP contribution in [0.1, 0.15) is 45.7 Å². The van der Waals surface area contributed by atoms with Gasteiger partial charge in [-0.3, -0.25) is 4.90 Å². The van der Waals surface area contributed by atoms with Gasteiger partial charge in [-0.2, -0.15) is 0 Å². The monoisotopic (exact) mass is 296 g/mol. The molecule has 0 aliphatic rings. The van der Waals surface area contributed by atoms with Gasteiger partial charge in [0.1, 0.15) is 0 Å². The van der Waals surface area contributed by atoms with E-state index in [9.17, 15) is 0 Å². The number of hydrogen-bond acceptors (Lipinski definition) is 2. The second kappa shape index (κ2) is 7.44. The van der Waals surface area contributed by atoms with E-state index < -0.39 is 0 Å². The Balaban J connectivity index is 2.64. The van der Waals surface area contributed by atoms with Crippen molar-refractivity contribution in [2.24, 2.45) is 17.1 Å². The van der Waals surface area contributed by atoms with Crippen molar-refractivity contribution in [3.05, 3.63) is 34.9 Å². The maximum absolute atomic E-state index is 5.95. The smallest absolute Gasteiger partial charge is 0.0406 e. The van der Waals surface area contributed by atoms with Crippen molar-refractivity contribution in [2.45, 2.75) is 40.2 Å². The van der Waals surface area contributed by atoms with Crippen LogP contribution in [-0.2, 0) is 0 Å². The van der Waals surface area contributed by atoms with Crippen LogP contribution in [0.15, 0.2) is 24.3 Å². The number of nitrogens with two attached hydrogens (primary N) is 1. The third-order valence-electron chi connectivity index (χ3n) is 3.79. The highest BCUT2D eigenvalue weighted by molar-refractivity contribution is 6.30. The Labute approximate surface area is 129 Å². The van der Waals surface area contributed by atoms with E-state index in [-0.39, 0.29) is 0 Å². The lowest BCUT2D eigenvalue weighted by atomic mass is 9.84. The normalized spacial score (nSPS) is 15.4. The van der Waals surface area contributed by atoms with Gasteiger partial charge in [0.15, 0.2) is 0 Å². The summed E-state index contributed by atoms with van der Waals surface area (Å²) in [5.74, 6) is 0.537. The summed E-state index contributed by atoms with van der Waals surface area (Å²) in [6.45, 7) is 10.8. The first-order valence-corrected chi connectivity index (χ1v) is 7.76. The first kappa shape index (κ1) is 17.5. The molecule has 20 heavy (non-hydrogen) atoms. The maximum atomic E-state index is 5.95. The predicted molar refractivity (Wildman–Crippen MR) is 89.1 cm³/mol. The fraction of sp³-hybridized carbons (Fsp3) is 0.647. The van der Waals surface area contributed by atoms with Crippen LogP contribution >= 0.6 is 11.6 Å². The molecule has 3 heteroatoms. The van der Waals surface area contributed by atoms with E-state index in [0.29, 0.717) is 17.4 Å². The zero-order valence-corrected chi connectivity index (χ0v) is 14.2. The Kier molecular flexibility index (Phi) is 6.50. The van der Waals surface area contributed by atoms with Crippen molar-refractivity contribution in [3.8, 4) is 0 Å². The maximum Gasteiger partial charge on any atom is 0.0406 e. The van der Waals surface area contributed by atoms with Gasteiger partial charge in [-0.25, -0.2) is 0 Å². The van der Waals surface area contributed by atoms with Gasteiger partial charge in [-0.05, 0) is 56.0 Å². The third-order valence-corrected chi connectivity index (χ3v) is 4.05. The fourth-order valence-electron chi connectivity index (χ4n) is 2.65. The summed E-state index contributed by atoms with van der Waals surface area (Å²) in [5.41, 5.74) is 7.57. The van der Waals surface area contributed by atoms with E-state index >= 15 is 0 Å². The molecule has 0 saturated heterocycles. The molecular weight excluding hydrogens is 268 g/mol. The molecule has 1 rings (SSSR count). The summed E-state index contributed by atoms with van der Waals surface area (Å²) in [5, 5.41) is 0.788. The van der Waals surface area contributed by atoms with E-state index in [0.717, 1.165) is 24.5 Å². The Bertz CT molecular complexity index is 394. The van der Waals surface area contributed by atoms with Crippen molar-refractivity contribution in [1.29, 1.82) is 0 Å². The van der Waals surface area contributed by atoms with Gasteiger partial charge in [-0.1, -0.05) is 44.5 Å². The molecule has 2 atom stereocenters. The number of nitrogens with zero attached hydrogens (tertiary/aromatic N) is 1. The minimum Gasteiger partial charge on any atom is -0.330 e. The first-order chi connectivity index (χ1) is 9.23. The molecule has 0 radical (unpaired) electrons. The van der Waals surface area contributed by atoms with Gasteiger partial charge in [0.2, 0.25) is 0 Å². The van der Waals surface area contributed by atoms with E-state index in [2.05, 4.69) is 51.8 Å². The van der Waals surface area contributed by atoms with Gasteiger partial charge in [0, 0.05) is 17.6 Å². The van der Waals surface area contributed by atoms with Gasteiger partial charge >= 0.3 is 0 Å². The van der Waals surface area contributed by atoms with E-state index in [4.69, 9.17) is 17.3 Å². The molecule has 1 aromatic rings. The molecule has 0 aliphatic carbocycles. The average molecular weight is 297 g/mol. The van der Waals surface area contributed by atoms with Crippen molar-refractivity contribution in [1.82, 2.24) is 4.90 Å². The number of rotatable bonds is 6. The zero-order chi connectivity index (χ0) is 15.3. The highest BCUT2D eigenvalue weighted by Gasteiger charge is 2.21. The Morgan fingerprint density at radius 3 is 2.20 bits per heavy atom.